The summed E-state index contributed by atoms with van der Waals surface area (Å²) in [7, 11) is -3.20. The summed E-state index contributed by atoms with van der Waals surface area (Å²) >= 11 is 0. The Bertz CT molecular complexity index is 1230. The number of sulfonamides is 1. The number of rotatable bonds is 7. The van der Waals surface area contributed by atoms with Gasteiger partial charge in [-0.1, -0.05) is 0 Å². The number of halogens is 2. The summed E-state index contributed by atoms with van der Waals surface area (Å²) in [5.41, 5.74) is 1.14. The van der Waals surface area contributed by atoms with Crippen molar-refractivity contribution < 1.29 is 17.2 Å². The van der Waals surface area contributed by atoms with Gasteiger partial charge >= 0.3 is 0 Å². The summed E-state index contributed by atoms with van der Waals surface area (Å²) in [4.78, 5) is 15.0. The van der Waals surface area contributed by atoms with E-state index in [0.717, 1.165) is 32.2 Å². The van der Waals surface area contributed by atoms with E-state index in [0.29, 0.717) is 35.9 Å². The van der Waals surface area contributed by atoms with E-state index in [9.17, 15) is 17.2 Å². The first-order valence-electron chi connectivity index (χ1n) is 10.6. The Balaban J connectivity index is 1.35. The quantitative estimate of drug-likeness (QED) is 0.574. The van der Waals surface area contributed by atoms with Crippen LogP contribution < -0.4 is 9.62 Å². The molecule has 0 aromatic carbocycles. The lowest BCUT2D eigenvalue weighted by molar-refractivity contribution is 0.144. The highest BCUT2D eigenvalue weighted by atomic mass is 32.2. The molecule has 1 N–H and O–H groups in total. The number of imidazole rings is 1. The molecule has 3 aromatic rings. The number of hydrogen-bond donors (Lipinski definition) is 1. The third-order valence-corrected chi connectivity index (χ3v) is 7.82. The van der Waals surface area contributed by atoms with Gasteiger partial charge in [0.1, 0.15) is 23.5 Å². The Kier molecular flexibility index (Phi) is 5.49. The maximum atomic E-state index is 13.1. The lowest BCUT2D eigenvalue weighted by Gasteiger charge is -2.33. The zero-order valence-corrected chi connectivity index (χ0v) is 18.0. The molecule has 170 valence electrons. The monoisotopic (exact) mass is 463 g/mol. The fourth-order valence-electron chi connectivity index (χ4n) is 4.01. The summed E-state index contributed by atoms with van der Waals surface area (Å²) in [6.45, 7) is 1.88. The van der Waals surface area contributed by atoms with Gasteiger partial charge in [0, 0.05) is 25.7 Å². The van der Waals surface area contributed by atoms with Crippen LogP contribution in [0.25, 0.3) is 17.0 Å². The van der Waals surface area contributed by atoms with Crippen molar-refractivity contribution >= 4 is 21.5 Å². The van der Waals surface area contributed by atoms with Crippen molar-refractivity contribution in [3.8, 4) is 11.4 Å². The number of nitrogens with one attached hydrogen (secondary N) is 1. The maximum absolute atomic E-state index is 13.1. The van der Waals surface area contributed by atoms with E-state index in [4.69, 9.17) is 0 Å². The number of nitrogens with zero attached hydrogens (tertiary/aromatic N) is 6. The van der Waals surface area contributed by atoms with Gasteiger partial charge in [-0.05, 0) is 43.7 Å². The summed E-state index contributed by atoms with van der Waals surface area (Å²) in [6, 6.07) is 4.54. The molecular formula is C20H23F2N7O2S. The van der Waals surface area contributed by atoms with Crippen LogP contribution in [0.5, 0.6) is 0 Å². The molecule has 0 spiro atoms. The van der Waals surface area contributed by atoms with Crippen LogP contribution in [0.4, 0.5) is 14.6 Å². The molecule has 12 heteroatoms. The highest BCUT2D eigenvalue weighted by Crippen LogP contribution is 2.29. The standard InChI is InChI=1S/C20H23F2N7O2S/c21-20(22)15-5-6-18-23-10-17(29(18)27-15)16-8-19(25-12-24-16)28-7-1-2-13(11-28)9-26-32(30,31)14-3-4-14/h5-6,8,10,12-14,20,26H,1-4,7,9,11H2. The molecule has 32 heavy (non-hydrogen) atoms. The SMILES string of the molecule is O=S(=O)(NCC1CCCN(c2cc(-c3cnc4ccc(C(F)F)nn34)ncn2)C1)C1CC1. The molecule has 1 saturated carbocycles. The molecule has 4 heterocycles. The molecule has 1 aliphatic heterocycles. The number of piperidine rings is 1. The molecule has 0 radical (unpaired) electrons. The highest BCUT2D eigenvalue weighted by molar-refractivity contribution is 7.90. The van der Waals surface area contributed by atoms with E-state index in [-0.39, 0.29) is 16.9 Å². The van der Waals surface area contributed by atoms with Crippen molar-refractivity contribution in [1.82, 2.24) is 29.3 Å². The van der Waals surface area contributed by atoms with Crippen molar-refractivity contribution in [2.24, 2.45) is 5.92 Å². The number of alkyl halides is 2. The Labute approximate surface area is 183 Å². The minimum Gasteiger partial charge on any atom is -0.356 e. The lowest BCUT2D eigenvalue weighted by atomic mass is 9.98. The topological polar surface area (TPSA) is 105 Å². The van der Waals surface area contributed by atoms with Crippen molar-refractivity contribution in [2.75, 3.05) is 24.5 Å². The molecular weight excluding hydrogens is 440 g/mol. The fourth-order valence-corrected chi connectivity index (χ4v) is 5.47. The molecule has 5 rings (SSSR count). The molecule has 1 atom stereocenters. The van der Waals surface area contributed by atoms with Crippen LogP contribution in [-0.4, -0.2) is 57.9 Å². The molecule has 0 amide bonds. The first kappa shape index (κ1) is 21.1. The maximum Gasteiger partial charge on any atom is 0.282 e. The van der Waals surface area contributed by atoms with Crippen molar-refractivity contribution in [2.45, 2.75) is 37.4 Å². The van der Waals surface area contributed by atoms with Crippen molar-refractivity contribution in [1.29, 1.82) is 0 Å². The number of fused-ring (bicyclic) bond motifs is 1. The Morgan fingerprint density at radius 1 is 1.16 bits per heavy atom. The number of anilines is 1. The average Bonchev–Trinajstić information content (AvgIpc) is 3.58. The predicted octanol–water partition coefficient (Wildman–Crippen LogP) is 2.42. The molecule has 1 saturated heterocycles. The van der Waals surface area contributed by atoms with Crippen LogP contribution in [0.1, 0.15) is 37.8 Å². The van der Waals surface area contributed by atoms with Crippen LogP contribution in [0.2, 0.25) is 0 Å². The normalized spacial score (nSPS) is 19.7. The van der Waals surface area contributed by atoms with Gasteiger partial charge in [0.2, 0.25) is 10.0 Å². The Morgan fingerprint density at radius 3 is 2.78 bits per heavy atom. The highest BCUT2D eigenvalue weighted by Gasteiger charge is 2.36. The Morgan fingerprint density at radius 2 is 2.00 bits per heavy atom. The van der Waals surface area contributed by atoms with Gasteiger partial charge in [-0.25, -0.2) is 41.4 Å². The van der Waals surface area contributed by atoms with Gasteiger partial charge in [-0.15, -0.1) is 0 Å². The average molecular weight is 464 g/mol. The van der Waals surface area contributed by atoms with Crippen LogP contribution >= 0.6 is 0 Å². The second-order valence-electron chi connectivity index (χ2n) is 8.28. The predicted molar refractivity (Wildman–Crippen MR) is 114 cm³/mol. The molecule has 0 bridgehead atoms. The van der Waals surface area contributed by atoms with E-state index in [1.165, 1.54) is 23.0 Å². The first-order chi connectivity index (χ1) is 15.4. The zero-order valence-electron chi connectivity index (χ0n) is 17.2. The van der Waals surface area contributed by atoms with Gasteiger partial charge in [-0.2, -0.15) is 5.10 Å². The summed E-state index contributed by atoms with van der Waals surface area (Å²) in [5.74, 6) is 0.881. The van der Waals surface area contributed by atoms with Crippen LogP contribution in [0.15, 0.2) is 30.7 Å². The molecule has 2 aliphatic rings. The van der Waals surface area contributed by atoms with Gasteiger partial charge < -0.3 is 4.90 Å². The fraction of sp³-hybridized carbons (Fsp3) is 0.500. The van der Waals surface area contributed by atoms with E-state index in [1.54, 1.807) is 12.3 Å². The van der Waals surface area contributed by atoms with Crippen LogP contribution in [0, 0.1) is 5.92 Å². The smallest absolute Gasteiger partial charge is 0.282 e. The summed E-state index contributed by atoms with van der Waals surface area (Å²) < 4.78 is 54.6. The molecule has 9 nitrogen and oxygen atoms in total. The lowest BCUT2D eigenvalue weighted by Crippen LogP contribution is -2.42. The number of hydrogen-bond acceptors (Lipinski definition) is 7. The van der Waals surface area contributed by atoms with Crippen molar-refractivity contribution in [3.05, 3.63) is 36.4 Å². The molecule has 3 aromatic heterocycles. The molecule has 1 unspecified atom stereocenters. The Hall–Kier alpha value is -2.73. The third kappa shape index (κ3) is 4.29. The van der Waals surface area contributed by atoms with Gasteiger partial charge in [0.15, 0.2) is 5.65 Å². The van der Waals surface area contributed by atoms with Crippen LogP contribution in [0.3, 0.4) is 0 Å². The largest absolute Gasteiger partial charge is 0.356 e. The van der Waals surface area contributed by atoms with Crippen molar-refractivity contribution in [3.63, 3.8) is 0 Å². The van der Waals surface area contributed by atoms with E-state index in [1.807, 2.05) is 0 Å². The van der Waals surface area contributed by atoms with E-state index >= 15 is 0 Å². The van der Waals surface area contributed by atoms with E-state index < -0.39 is 16.4 Å². The summed E-state index contributed by atoms with van der Waals surface area (Å²) in [6.07, 6.45) is 3.65. The summed E-state index contributed by atoms with van der Waals surface area (Å²) in [5, 5.41) is 3.77. The molecule has 1 aliphatic carbocycles. The minimum atomic E-state index is -3.20. The van der Waals surface area contributed by atoms with Gasteiger partial charge in [0.25, 0.3) is 6.43 Å². The van der Waals surface area contributed by atoms with Gasteiger partial charge in [0.05, 0.1) is 17.1 Å². The number of aromatic nitrogens is 5. The third-order valence-electron chi connectivity index (χ3n) is 5.90. The zero-order chi connectivity index (χ0) is 22.3. The first-order valence-corrected chi connectivity index (χ1v) is 12.1. The van der Waals surface area contributed by atoms with E-state index in [2.05, 4.69) is 29.7 Å². The van der Waals surface area contributed by atoms with Crippen LogP contribution in [-0.2, 0) is 10.0 Å². The second-order valence-corrected chi connectivity index (χ2v) is 10.3. The minimum absolute atomic E-state index is 0.182. The van der Waals surface area contributed by atoms with Gasteiger partial charge in [-0.3, -0.25) is 0 Å². The second kappa shape index (κ2) is 8.32. The molecule has 2 fully saturated rings.